The van der Waals surface area contributed by atoms with Crippen molar-refractivity contribution >= 4 is 0 Å². The lowest BCUT2D eigenvalue weighted by Gasteiger charge is -1.98. The maximum atomic E-state index is 2.37. The Morgan fingerprint density at radius 2 is 1.12 bits per heavy atom. The number of rotatable bonds is 11. The van der Waals surface area contributed by atoms with Gasteiger partial charge >= 0.3 is 0 Å². The van der Waals surface area contributed by atoms with Gasteiger partial charge in [-0.15, -0.1) is 0 Å². The van der Waals surface area contributed by atoms with E-state index in [9.17, 15) is 0 Å². The van der Waals surface area contributed by atoms with Gasteiger partial charge in [-0.1, -0.05) is 63.3 Å². The number of hydrogen-bond donors (Lipinski definition) is 0. The molecule has 0 heteroatoms. The Bertz CT molecular complexity index is 165. The Hall–Kier alpha value is -0.520. The van der Waals surface area contributed by atoms with Gasteiger partial charge in [-0.3, -0.25) is 0 Å². The normalized spacial score (nSPS) is 11.9. The molecule has 0 rings (SSSR count). The first-order valence-corrected chi connectivity index (χ1v) is 7.18. The lowest BCUT2D eigenvalue weighted by Crippen LogP contribution is -1.78. The minimum Gasteiger partial charge on any atom is -0.0917 e. The first-order valence-electron chi connectivity index (χ1n) is 7.18. The molecule has 0 unspecified atom stereocenters. The van der Waals surface area contributed by atoms with Gasteiger partial charge in [0, 0.05) is 0 Å². The summed E-state index contributed by atoms with van der Waals surface area (Å²) in [7, 11) is 0. The second-order valence-corrected chi connectivity index (χ2v) is 4.53. The van der Waals surface area contributed by atoms with Crippen LogP contribution in [0, 0.1) is 0 Å². The molecule has 0 fully saturated rings. The van der Waals surface area contributed by atoms with Gasteiger partial charge in [0.2, 0.25) is 0 Å². The zero-order chi connectivity index (χ0) is 11.9. The molecule has 0 radical (unpaired) electrons. The van der Waals surface area contributed by atoms with E-state index in [-0.39, 0.29) is 0 Å². The van der Waals surface area contributed by atoms with Gasteiger partial charge in [0.1, 0.15) is 0 Å². The Morgan fingerprint density at radius 3 is 1.69 bits per heavy atom. The molecular weight excluding hydrogens is 192 g/mol. The van der Waals surface area contributed by atoms with Crippen LogP contribution >= 0.6 is 0 Å². The zero-order valence-electron chi connectivity index (χ0n) is 11.4. The highest BCUT2D eigenvalue weighted by atomic mass is 13.9. The van der Waals surface area contributed by atoms with Crippen molar-refractivity contribution in [2.75, 3.05) is 0 Å². The summed E-state index contributed by atoms with van der Waals surface area (Å²) in [5, 5.41) is 0. The van der Waals surface area contributed by atoms with Crippen molar-refractivity contribution < 1.29 is 0 Å². The third kappa shape index (κ3) is 13.5. The van der Waals surface area contributed by atoms with Gasteiger partial charge in [-0.2, -0.15) is 0 Å². The van der Waals surface area contributed by atoms with Gasteiger partial charge in [0.25, 0.3) is 0 Å². The summed E-state index contributed by atoms with van der Waals surface area (Å²) in [4.78, 5) is 0. The second kappa shape index (κ2) is 14.5. The Kier molecular flexibility index (Phi) is 14.0. The zero-order valence-corrected chi connectivity index (χ0v) is 11.4. The van der Waals surface area contributed by atoms with E-state index in [2.05, 4.69) is 38.2 Å². The van der Waals surface area contributed by atoms with Crippen LogP contribution in [0.1, 0.15) is 78.1 Å². The van der Waals surface area contributed by atoms with Gasteiger partial charge in [-0.05, 0) is 39.0 Å². The van der Waals surface area contributed by atoms with Crippen LogP contribution in [0.4, 0.5) is 0 Å². The first-order chi connectivity index (χ1) is 7.91. The minimum absolute atomic E-state index is 1.27. The summed E-state index contributed by atoms with van der Waals surface area (Å²) in [6.07, 6.45) is 22.6. The summed E-state index contributed by atoms with van der Waals surface area (Å²) >= 11 is 0. The molecule has 0 bridgehead atoms. The molecule has 0 saturated carbocycles. The number of allylic oxidation sites excluding steroid dienone is 4. The van der Waals surface area contributed by atoms with Crippen molar-refractivity contribution in [2.24, 2.45) is 0 Å². The molecule has 0 aromatic heterocycles. The quantitative estimate of drug-likeness (QED) is 0.295. The van der Waals surface area contributed by atoms with Gasteiger partial charge < -0.3 is 0 Å². The lowest BCUT2D eigenvalue weighted by molar-refractivity contribution is 0.621. The fraction of sp³-hybridized carbons (Fsp3) is 0.750. The van der Waals surface area contributed by atoms with E-state index in [1.807, 2.05) is 0 Å². The molecule has 0 aliphatic heterocycles. The predicted octanol–water partition coefficient (Wildman–Crippen LogP) is 6.04. The summed E-state index contributed by atoms with van der Waals surface area (Å²) in [6.45, 7) is 4.35. The van der Waals surface area contributed by atoms with E-state index in [0.717, 1.165) is 0 Å². The SMILES string of the molecule is CC=CCCCCCCCC=CCCCC. The highest BCUT2D eigenvalue weighted by molar-refractivity contribution is 4.81. The molecule has 0 heterocycles. The van der Waals surface area contributed by atoms with E-state index >= 15 is 0 Å². The van der Waals surface area contributed by atoms with Crippen LogP contribution in [0.3, 0.4) is 0 Å². The largest absolute Gasteiger partial charge is 0.0917 e. The van der Waals surface area contributed by atoms with Crippen LogP contribution < -0.4 is 0 Å². The van der Waals surface area contributed by atoms with Crippen molar-refractivity contribution in [2.45, 2.75) is 78.1 Å². The van der Waals surface area contributed by atoms with Crippen molar-refractivity contribution in [3.8, 4) is 0 Å². The fourth-order valence-electron chi connectivity index (χ4n) is 1.78. The summed E-state index contributed by atoms with van der Waals surface area (Å²) in [5.74, 6) is 0. The standard InChI is InChI=1S/C16H30/c1-3-5-7-9-11-13-15-16-14-12-10-8-6-4-2/h3,5,10,12H,4,6-9,11,13-16H2,1-2H3. The molecule has 0 aliphatic rings. The van der Waals surface area contributed by atoms with Crippen LogP contribution in [-0.2, 0) is 0 Å². The molecule has 0 spiro atoms. The van der Waals surface area contributed by atoms with E-state index in [1.54, 1.807) is 0 Å². The van der Waals surface area contributed by atoms with Crippen molar-refractivity contribution in [3.05, 3.63) is 24.3 Å². The summed E-state index contributed by atoms with van der Waals surface area (Å²) in [5.41, 5.74) is 0. The average Bonchev–Trinajstić information content (AvgIpc) is 2.31. The minimum atomic E-state index is 1.27. The predicted molar refractivity (Wildman–Crippen MR) is 75.8 cm³/mol. The molecule has 0 atom stereocenters. The highest BCUT2D eigenvalue weighted by Crippen LogP contribution is 2.08. The van der Waals surface area contributed by atoms with Crippen LogP contribution in [0.25, 0.3) is 0 Å². The van der Waals surface area contributed by atoms with E-state index < -0.39 is 0 Å². The lowest BCUT2D eigenvalue weighted by atomic mass is 10.1. The molecular formula is C16H30. The third-order valence-corrected chi connectivity index (χ3v) is 2.87. The molecule has 0 N–H and O–H groups in total. The van der Waals surface area contributed by atoms with Crippen LogP contribution in [0.15, 0.2) is 24.3 Å². The molecule has 0 aromatic carbocycles. The van der Waals surface area contributed by atoms with E-state index in [1.165, 1.54) is 64.2 Å². The molecule has 0 aromatic rings. The molecule has 0 nitrogen and oxygen atoms in total. The third-order valence-electron chi connectivity index (χ3n) is 2.87. The maximum absolute atomic E-state index is 2.37. The maximum Gasteiger partial charge on any atom is -0.0351 e. The molecule has 94 valence electrons. The Balaban J connectivity index is 3.00. The van der Waals surface area contributed by atoms with Gasteiger partial charge in [0.15, 0.2) is 0 Å². The molecule has 16 heavy (non-hydrogen) atoms. The van der Waals surface area contributed by atoms with Gasteiger partial charge in [0.05, 0.1) is 0 Å². The summed E-state index contributed by atoms with van der Waals surface area (Å²) < 4.78 is 0. The van der Waals surface area contributed by atoms with Crippen LogP contribution in [0.2, 0.25) is 0 Å². The smallest absolute Gasteiger partial charge is 0.0351 e. The first kappa shape index (κ1) is 15.5. The highest BCUT2D eigenvalue weighted by Gasteiger charge is 1.88. The number of unbranched alkanes of at least 4 members (excludes halogenated alkanes) is 8. The monoisotopic (exact) mass is 222 g/mol. The molecule has 0 saturated heterocycles. The van der Waals surface area contributed by atoms with E-state index in [0.29, 0.717) is 0 Å². The van der Waals surface area contributed by atoms with Gasteiger partial charge in [-0.25, -0.2) is 0 Å². The second-order valence-electron chi connectivity index (χ2n) is 4.53. The molecule has 0 aliphatic carbocycles. The van der Waals surface area contributed by atoms with E-state index in [4.69, 9.17) is 0 Å². The Labute approximate surface area is 103 Å². The fourth-order valence-corrected chi connectivity index (χ4v) is 1.78. The van der Waals surface area contributed by atoms with Crippen molar-refractivity contribution in [1.29, 1.82) is 0 Å². The topological polar surface area (TPSA) is 0 Å². The summed E-state index contributed by atoms with van der Waals surface area (Å²) in [6, 6.07) is 0. The Morgan fingerprint density at radius 1 is 0.625 bits per heavy atom. The van der Waals surface area contributed by atoms with Crippen molar-refractivity contribution in [1.82, 2.24) is 0 Å². The number of hydrogen-bond acceptors (Lipinski definition) is 0. The molecule has 0 amide bonds. The average molecular weight is 222 g/mol. The van der Waals surface area contributed by atoms with Crippen LogP contribution in [0.5, 0.6) is 0 Å². The van der Waals surface area contributed by atoms with Crippen molar-refractivity contribution in [3.63, 3.8) is 0 Å². The van der Waals surface area contributed by atoms with Crippen LogP contribution in [-0.4, -0.2) is 0 Å².